The molecular formula is C21H28F3NO7S. The van der Waals surface area contributed by atoms with Gasteiger partial charge in [-0.1, -0.05) is 30.3 Å². The van der Waals surface area contributed by atoms with Gasteiger partial charge in [-0.3, -0.25) is 0 Å². The van der Waals surface area contributed by atoms with E-state index in [0.717, 1.165) is 0 Å². The smallest absolute Gasteiger partial charge is 0.424 e. The third-order valence-electron chi connectivity index (χ3n) is 3.98. The Morgan fingerprint density at radius 1 is 1.12 bits per heavy atom. The van der Waals surface area contributed by atoms with Crippen molar-refractivity contribution in [3.05, 3.63) is 48.0 Å². The zero-order chi connectivity index (χ0) is 25.5. The topological polar surface area (TPSA) is 108 Å². The van der Waals surface area contributed by atoms with Crippen LogP contribution >= 0.6 is 0 Å². The first kappa shape index (κ1) is 28.4. The number of rotatable bonds is 9. The summed E-state index contributed by atoms with van der Waals surface area (Å²) in [7, 11) is -4.75. The second-order valence-corrected chi connectivity index (χ2v) is 9.63. The fourth-order valence-electron chi connectivity index (χ4n) is 2.78. The van der Waals surface area contributed by atoms with Crippen LogP contribution in [0.15, 0.2) is 42.5 Å². The van der Waals surface area contributed by atoms with Crippen molar-refractivity contribution in [2.24, 2.45) is 0 Å². The van der Waals surface area contributed by atoms with Crippen LogP contribution in [0, 0.1) is 0 Å². The van der Waals surface area contributed by atoms with E-state index in [1.54, 1.807) is 18.2 Å². The molecule has 0 radical (unpaired) electrons. The zero-order valence-corrected chi connectivity index (χ0v) is 19.7. The maximum atomic E-state index is 14.5. The number of ether oxygens (including phenoxy) is 2. The standard InChI is InChI=1S/C21H28F3NO7S/c1-6-30-17(26)12-13-20(21(22,23)24,32-33(5,28)29)16(14-15-10-8-7-9-11-15)25-18(27)31-19(2,3)4/h7-13,16H,6,14H2,1-5H3,(H,25,27)/b13-12+/t16-,20-/m0/s1. The number of nitrogens with one attached hydrogen (secondary N) is 1. The van der Waals surface area contributed by atoms with E-state index in [1.807, 2.05) is 0 Å². The molecule has 0 aliphatic heterocycles. The van der Waals surface area contributed by atoms with Crippen molar-refractivity contribution in [3.63, 3.8) is 0 Å². The summed E-state index contributed by atoms with van der Waals surface area (Å²) < 4.78 is 81.6. The summed E-state index contributed by atoms with van der Waals surface area (Å²) in [5.41, 5.74) is -4.38. The summed E-state index contributed by atoms with van der Waals surface area (Å²) in [6, 6.07) is 5.67. The molecule has 0 aliphatic carbocycles. The van der Waals surface area contributed by atoms with Gasteiger partial charge in [0.15, 0.2) is 0 Å². The van der Waals surface area contributed by atoms with E-state index in [2.05, 4.69) is 14.2 Å². The Kier molecular flexibility index (Phi) is 9.49. The first-order valence-corrected chi connectivity index (χ1v) is 11.7. The maximum absolute atomic E-state index is 14.5. The van der Waals surface area contributed by atoms with Gasteiger partial charge in [-0.15, -0.1) is 0 Å². The van der Waals surface area contributed by atoms with Crippen LogP contribution in [0.5, 0.6) is 0 Å². The highest BCUT2D eigenvalue weighted by Crippen LogP contribution is 2.40. The van der Waals surface area contributed by atoms with Crippen LogP contribution < -0.4 is 5.32 Å². The summed E-state index contributed by atoms with van der Waals surface area (Å²) in [4.78, 5) is 24.2. The number of halogens is 3. The Morgan fingerprint density at radius 2 is 1.70 bits per heavy atom. The highest BCUT2D eigenvalue weighted by molar-refractivity contribution is 7.86. The van der Waals surface area contributed by atoms with Gasteiger partial charge in [0.25, 0.3) is 10.1 Å². The number of esters is 1. The molecule has 0 saturated heterocycles. The molecule has 1 N–H and O–H groups in total. The molecule has 12 heteroatoms. The molecule has 1 rings (SSSR count). The monoisotopic (exact) mass is 495 g/mol. The average molecular weight is 496 g/mol. The second kappa shape index (κ2) is 11.0. The van der Waals surface area contributed by atoms with Crippen molar-refractivity contribution in [2.75, 3.05) is 12.9 Å². The predicted molar refractivity (Wildman–Crippen MR) is 114 cm³/mol. The number of alkyl carbamates (subject to hydrolysis) is 1. The minimum atomic E-state index is -5.40. The van der Waals surface area contributed by atoms with Crippen LogP contribution in [0.3, 0.4) is 0 Å². The molecular weight excluding hydrogens is 467 g/mol. The van der Waals surface area contributed by atoms with Crippen LogP contribution in [0.1, 0.15) is 33.3 Å². The van der Waals surface area contributed by atoms with Crippen LogP contribution in [-0.2, 0) is 35.0 Å². The number of amides is 1. The zero-order valence-electron chi connectivity index (χ0n) is 18.9. The van der Waals surface area contributed by atoms with E-state index >= 15 is 0 Å². The molecule has 0 saturated carbocycles. The number of alkyl halides is 3. The summed E-state index contributed by atoms with van der Waals surface area (Å²) in [6.45, 7) is 5.83. The average Bonchev–Trinajstić information content (AvgIpc) is 2.62. The van der Waals surface area contributed by atoms with E-state index in [1.165, 1.54) is 39.8 Å². The van der Waals surface area contributed by atoms with Crippen LogP contribution in [0.2, 0.25) is 0 Å². The molecule has 0 unspecified atom stereocenters. The Hall–Kier alpha value is -2.60. The lowest BCUT2D eigenvalue weighted by atomic mass is 9.87. The van der Waals surface area contributed by atoms with Gasteiger partial charge in [0, 0.05) is 6.08 Å². The summed E-state index contributed by atoms with van der Waals surface area (Å²) in [6.07, 6.45) is -6.07. The van der Waals surface area contributed by atoms with Gasteiger partial charge in [-0.25, -0.2) is 13.8 Å². The predicted octanol–water partition coefficient (Wildman–Crippen LogP) is 3.52. The molecule has 0 aromatic heterocycles. The number of carbonyl (C=O) groups is 2. The van der Waals surface area contributed by atoms with Gasteiger partial charge in [-0.05, 0) is 45.8 Å². The third kappa shape index (κ3) is 9.42. The molecule has 186 valence electrons. The second-order valence-electron chi connectivity index (χ2n) is 8.05. The Bertz CT molecular complexity index is 941. The molecule has 0 bridgehead atoms. The van der Waals surface area contributed by atoms with Gasteiger partial charge in [0.2, 0.25) is 5.60 Å². The number of benzene rings is 1. The molecule has 0 spiro atoms. The molecule has 0 heterocycles. The minimum absolute atomic E-state index is 0.126. The van der Waals surface area contributed by atoms with Crippen molar-refractivity contribution < 1.29 is 44.8 Å². The van der Waals surface area contributed by atoms with E-state index in [4.69, 9.17) is 4.74 Å². The van der Waals surface area contributed by atoms with Gasteiger partial charge in [-0.2, -0.15) is 21.6 Å². The van der Waals surface area contributed by atoms with E-state index < -0.39 is 52.0 Å². The summed E-state index contributed by atoms with van der Waals surface area (Å²) in [5, 5.41) is 2.07. The lowest BCUT2D eigenvalue weighted by molar-refractivity contribution is -0.237. The lowest BCUT2D eigenvalue weighted by Crippen LogP contribution is -2.63. The molecule has 2 atom stereocenters. The van der Waals surface area contributed by atoms with Gasteiger partial charge < -0.3 is 14.8 Å². The lowest BCUT2D eigenvalue weighted by Gasteiger charge is -2.39. The number of hydrogen-bond acceptors (Lipinski definition) is 7. The Labute approximate surface area is 191 Å². The van der Waals surface area contributed by atoms with Gasteiger partial charge in [0.1, 0.15) is 5.60 Å². The highest BCUT2D eigenvalue weighted by atomic mass is 32.2. The normalized spacial score (nSPS) is 15.5. The molecule has 0 fully saturated rings. The molecule has 1 amide bonds. The first-order chi connectivity index (χ1) is 15.0. The first-order valence-electron chi connectivity index (χ1n) is 9.86. The summed E-state index contributed by atoms with van der Waals surface area (Å²) in [5.74, 6) is -1.15. The van der Waals surface area contributed by atoms with Crippen molar-refractivity contribution in [2.45, 2.75) is 57.5 Å². The minimum Gasteiger partial charge on any atom is -0.463 e. The van der Waals surface area contributed by atoms with Gasteiger partial charge >= 0.3 is 18.2 Å². The third-order valence-corrected chi connectivity index (χ3v) is 4.56. The van der Waals surface area contributed by atoms with Crippen molar-refractivity contribution in [1.82, 2.24) is 5.32 Å². The molecule has 1 aromatic carbocycles. The Morgan fingerprint density at radius 3 is 2.15 bits per heavy atom. The van der Waals surface area contributed by atoms with Crippen LogP contribution in [-0.4, -0.2) is 56.8 Å². The van der Waals surface area contributed by atoms with Crippen LogP contribution in [0.25, 0.3) is 0 Å². The van der Waals surface area contributed by atoms with E-state index in [9.17, 15) is 31.2 Å². The fourth-order valence-corrected chi connectivity index (χ4v) is 3.55. The highest BCUT2D eigenvalue weighted by Gasteiger charge is 2.62. The molecule has 1 aromatic rings. The van der Waals surface area contributed by atoms with Crippen LogP contribution in [0.4, 0.5) is 18.0 Å². The molecule has 8 nitrogen and oxygen atoms in total. The molecule has 33 heavy (non-hydrogen) atoms. The fraction of sp³-hybridized carbons (Fsp3) is 0.524. The number of hydrogen-bond donors (Lipinski definition) is 1. The van der Waals surface area contributed by atoms with E-state index in [0.29, 0.717) is 17.9 Å². The van der Waals surface area contributed by atoms with Crippen molar-refractivity contribution in [1.29, 1.82) is 0 Å². The number of carbonyl (C=O) groups excluding carboxylic acids is 2. The van der Waals surface area contributed by atoms with Crippen molar-refractivity contribution in [3.8, 4) is 0 Å². The van der Waals surface area contributed by atoms with Crippen molar-refractivity contribution >= 4 is 22.2 Å². The SMILES string of the molecule is CCOC(=O)/C=C/[C@](OS(C)(=O)=O)([C@H](Cc1ccccc1)NC(=O)OC(C)(C)C)C(F)(F)F. The quantitative estimate of drug-likeness (QED) is 0.317. The largest absolute Gasteiger partial charge is 0.463 e. The van der Waals surface area contributed by atoms with Gasteiger partial charge in [0.05, 0.1) is 18.9 Å². The maximum Gasteiger partial charge on any atom is 0.424 e. The van der Waals surface area contributed by atoms with E-state index in [-0.39, 0.29) is 12.7 Å². The Balaban J connectivity index is 3.68. The summed E-state index contributed by atoms with van der Waals surface area (Å²) >= 11 is 0. The molecule has 0 aliphatic rings.